The van der Waals surface area contributed by atoms with Gasteiger partial charge in [0, 0.05) is 6.54 Å². The van der Waals surface area contributed by atoms with Crippen molar-refractivity contribution in [1.29, 1.82) is 0 Å². The van der Waals surface area contributed by atoms with E-state index in [1.165, 1.54) is 18.7 Å². The minimum absolute atomic E-state index is 0.273. The van der Waals surface area contributed by atoms with Crippen LogP contribution in [0.1, 0.15) is 29.3 Å². The Bertz CT molecular complexity index is 863. The van der Waals surface area contributed by atoms with Crippen LogP contribution in [0.4, 0.5) is 0 Å². The first-order valence-electron chi connectivity index (χ1n) is 9.48. The second kappa shape index (κ2) is 12.2. The Labute approximate surface area is 185 Å². The minimum atomic E-state index is -0.991. The van der Waals surface area contributed by atoms with Crippen LogP contribution in [0.3, 0.4) is 0 Å². The number of halogens is 1. The van der Waals surface area contributed by atoms with Crippen LogP contribution in [-0.2, 0) is 20.9 Å². The van der Waals surface area contributed by atoms with Crippen molar-refractivity contribution in [3.05, 3.63) is 70.7 Å². The minimum Gasteiger partial charge on any atom is -0.451 e. The monoisotopic (exact) mass is 448 g/mol. The maximum Gasteiger partial charge on any atom is 0.329 e. The van der Waals surface area contributed by atoms with E-state index >= 15 is 0 Å². The van der Waals surface area contributed by atoms with Crippen molar-refractivity contribution in [2.45, 2.75) is 32.0 Å². The van der Waals surface area contributed by atoms with Gasteiger partial charge in [-0.15, -0.1) is 0 Å². The molecular weight excluding hydrogens is 424 g/mol. The number of hydrogen-bond acceptors (Lipinski definition) is 5. The van der Waals surface area contributed by atoms with Crippen LogP contribution < -0.4 is 10.6 Å². The van der Waals surface area contributed by atoms with Crippen LogP contribution in [0, 0.1) is 0 Å². The summed E-state index contributed by atoms with van der Waals surface area (Å²) < 4.78 is 5.32. The van der Waals surface area contributed by atoms with Gasteiger partial charge in [0.1, 0.15) is 6.04 Å². The molecular formula is C22H25ClN2O4S. The number of thioether (sulfide) groups is 1. The Morgan fingerprint density at radius 1 is 1.07 bits per heavy atom. The second-order valence-electron chi connectivity index (χ2n) is 6.57. The number of carbonyl (C=O) groups excluding carboxylic acids is 3. The van der Waals surface area contributed by atoms with Gasteiger partial charge in [-0.1, -0.05) is 54.1 Å². The lowest BCUT2D eigenvalue weighted by atomic mass is 10.1. The van der Waals surface area contributed by atoms with Crippen LogP contribution in [0.15, 0.2) is 54.6 Å². The zero-order valence-electron chi connectivity index (χ0n) is 16.9. The van der Waals surface area contributed by atoms with E-state index in [2.05, 4.69) is 10.6 Å². The predicted octanol–water partition coefficient (Wildman–Crippen LogP) is 3.44. The Hall–Kier alpha value is -2.51. The highest BCUT2D eigenvalue weighted by Gasteiger charge is 2.27. The normalized spacial score (nSPS) is 12.5. The Balaban J connectivity index is 1.95. The van der Waals surface area contributed by atoms with Gasteiger partial charge in [-0.3, -0.25) is 9.59 Å². The number of benzene rings is 2. The third-order valence-corrected chi connectivity index (χ3v) is 5.26. The van der Waals surface area contributed by atoms with Crippen molar-refractivity contribution in [3.8, 4) is 0 Å². The molecule has 2 atom stereocenters. The number of carbonyl (C=O) groups is 3. The highest BCUT2D eigenvalue weighted by molar-refractivity contribution is 7.98. The number of ether oxygens (including phenoxy) is 1. The molecule has 0 aliphatic heterocycles. The fourth-order valence-corrected chi connectivity index (χ4v) is 3.30. The van der Waals surface area contributed by atoms with Crippen LogP contribution in [0.25, 0.3) is 0 Å². The maximum atomic E-state index is 12.6. The van der Waals surface area contributed by atoms with E-state index in [0.29, 0.717) is 23.7 Å². The number of amides is 2. The first kappa shape index (κ1) is 23.8. The third kappa shape index (κ3) is 7.39. The molecule has 2 rings (SSSR count). The number of esters is 1. The van der Waals surface area contributed by atoms with E-state index in [4.69, 9.17) is 16.3 Å². The summed E-state index contributed by atoms with van der Waals surface area (Å²) in [6, 6.07) is 15.1. The molecule has 0 aromatic heterocycles. The van der Waals surface area contributed by atoms with Crippen molar-refractivity contribution in [3.63, 3.8) is 0 Å². The highest BCUT2D eigenvalue weighted by atomic mass is 35.5. The molecule has 0 fully saturated rings. The molecule has 2 unspecified atom stereocenters. The fourth-order valence-electron chi connectivity index (χ4n) is 2.60. The highest BCUT2D eigenvalue weighted by Crippen LogP contribution is 2.15. The Kier molecular flexibility index (Phi) is 9.70. The summed E-state index contributed by atoms with van der Waals surface area (Å²) in [5.41, 5.74) is 1.21. The van der Waals surface area contributed by atoms with Crippen molar-refractivity contribution in [1.82, 2.24) is 10.6 Å². The lowest BCUT2D eigenvalue weighted by Crippen LogP contribution is -2.45. The van der Waals surface area contributed by atoms with Crippen molar-refractivity contribution < 1.29 is 19.1 Å². The van der Waals surface area contributed by atoms with Gasteiger partial charge in [-0.25, -0.2) is 4.79 Å². The summed E-state index contributed by atoms with van der Waals surface area (Å²) in [5, 5.41) is 5.70. The van der Waals surface area contributed by atoms with Crippen LogP contribution in [-0.4, -0.2) is 41.9 Å². The van der Waals surface area contributed by atoms with E-state index in [9.17, 15) is 14.4 Å². The largest absolute Gasteiger partial charge is 0.451 e. The topological polar surface area (TPSA) is 84.5 Å². The molecule has 0 heterocycles. The SMILES string of the molecule is CSCCC(NC(=O)c1ccccc1Cl)C(=O)OC(C)C(=O)NCc1ccccc1. The lowest BCUT2D eigenvalue weighted by molar-refractivity contribution is -0.156. The molecule has 0 saturated heterocycles. The molecule has 0 saturated carbocycles. The standard InChI is InChI=1S/C22H25ClN2O4S/c1-15(20(26)24-14-16-8-4-3-5-9-16)29-22(28)19(12-13-30-2)25-21(27)17-10-6-7-11-18(17)23/h3-11,15,19H,12-14H2,1-2H3,(H,24,26)(H,25,27). The van der Waals surface area contributed by atoms with Gasteiger partial charge in [-0.2, -0.15) is 11.8 Å². The molecule has 160 valence electrons. The number of rotatable bonds is 10. The van der Waals surface area contributed by atoms with E-state index in [1.54, 1.807) is 24.3 Å². The molecule has 0 radical (unpaired) electrons. The third-order valence-electron chi connectivity index (χ3n) is 4.29. The predicted molar refractivity (Wildman–Crippen MR) is 120 cm³/mol. The molecule has 2 aromatic rings. The zero-order valence-corrected chi connectivity index (χ0v) is 18.5. The summed E-state index contributed by atoms with van der Waals surface area (Å²) in [6.07, 6.45) is 1.28. The number of nitrogens with one attached hydrogen (secondary N) is 2. The van der Waals surface area contributed by atoms with E-state index in [-0.39, 0.29) is 5.56 Å². The molecule has 2 amide bonds. The molecule has 0 bridgehead atoms. The van der Waals surface area contributed by atoms with Gasteiger partial charge in [0.15, 0.2) is 6.10 Å². The molecule has 0 aliphatic rings. The van der Waals surface area contributed by atoms with Crippen LogP contribution >= 0.6 is 23.4 Å². The lowest BCUT2D eigenvalue weighted by Gasteiger charge is -2.20. The van der Waals surface area contributed by atoms with Crippen molar-refractivity contribution in [2.24, 2.45) is 0 Å². The summed E-state index contributed by atoms with van der Waals surface area (Å²) >= 11 is 7.60. The molecule has 6 nitrogen and oxygen atoms in total. The van der Waals surface area contributed by atoms with Crippen LogP contribution in [0.2, 0.25) is 5.02 Å². The fraction of sp³-hybridized carbons (Fsp3) is 0.318. The molecule has 8 heteroatoms. The first-order chi connectivity index (χ1) is 14.4. The van der Waals surface area contributed by atoms with Gasteiger partial charge in [0.2, 0.25) is 0 Å². The average molecular weight is 449 g/mol. The van der Waals surface area contributed by atoms with Gasteiger partial charge < -0.3 is 15.4 Å². The summed E-state index contributed by atoms with van der Waals surface area (Å²) in [7, 11) is 0. The Morgan fingerprint density at radius 3 is 2.40 bits per heavy atom. The molecule has 2 aromatic carbocycles. The second-order valence-corrected chi connectivity index (χ2v) is 7.96. The first-order valence-corrected chi connectivity index (χ1v) is 11.3. The summed E-state index contributed by atoms with van der Waals surface area (Å²) in [4.78, 5) is 37.4. The van der Waals surface area contributed by atoms with Gasteiger partial charge in [0.25, 0.3) is 11.8 Å². The summed E-state index contributed by atoms with van der Waals surface area (Å²) in [5.74, 6) is -0.901. The quantitative estimate of drug-likeness (QED) is 0.544. The molecule has 2 N–H and O–H groups in total. The summed E-state index contributed by atoms with van der Waals surface area (Å²) in [6.45, 7) is 1.83. The van der Waals surface area contributed by atoms with Gasteiger partial charge >= 0.3 is 5.97 Å². The maximum absolute atomic E-state index is 12.6. The smallest absolute Gasteiger partial charge is 0.329 e. The zero-order chi connectivity index (χ0) is 21.9. The average Bonchev–Trinajstić information content (AvgIpc) is 2.75. The van der Waals surface area contributed by atoms with Crippen LogP contribution in [0.5, 0.6) is 0 Å². The van der Waals surface area contributed by atoms with Gasteiger partial charge in [0.05, 0.1) is 10.6 Å². The number of hydrogen-bond donors (Lipinski definition) is 2. The Morgan fingerprint density at radius 2 is 1.73 bits per heavy atom. The van der Waals surface area contributed by atoms with E-state index in [0.717, 1.165) is 5.56 Å². The molecule has 30 heavy (non-hydrogen) atoms. The van der Waals surface area contributed by atoms with Crippen molar-refractivity contribution >= 4 is 41.1 Å². The van der Waals surface area contributed by atoms with E-state index < -0.39 is 29.9 Å². The van der Waals surface area contributed by atoms with Gasteiger partial charge in [-0.05, 0) is 43.0 Å². The van der Waals surface area contributed by atoms with Crippen molar-refractivity contribution in [2.75, 3.05) is 12.0 Å². The molecule has 0 aliphatic carbocycles. The van der Waals surface area contributed by atoms with E-state index in [1.807, 2.05) is 36.6 Å². The molecule has 0 spiro atoms.